The van der Waals surface area contributed by atoms with Gasteiger partial charge in [-0.25, -0.2) is 0 Å². The standard InChI is InChI=1S/2C40H34.4C2H6/c1-40(2,3)39-23-27(22-31-24-28-12-4-6-14-33(28)37-18-10-8-16-35(31)37)20-21-30(39)26-32-25-29-13-5-7-15-34(29)38-19-11-9-17-36(32)38;1-40(2,3)39-26-28(22-27-12-15-32-20-18-30-8-4-6-10-35(30)37(32)24-27)14-17-34(39)23-29-13-16-33-21-19-31-9-5-7-11-36(31)38(33)25-29;4*1-2/h4-21,23-25H,22,26H2,1-3H3;4-21,24-26H,22-23H2,1-3H3;4*1-2H3. The summed E-state index contributed by atoms with van der Waals surface area (Å²) in [5.41, 5.74) is 14.1. The summed E-state index contributed by atoms with van der Waals surface area (Å²) in [6.45, 7) is 30.1. The van der Waals surface area contributed by atoms with Gasteiger partial charge in [-0.2, -0.15) is 0 Å². The predicted octanol–water partition coefficient (Wildman–Crippen LogP) is 25.7. The van der Waals surface area contributed by atoms with Crippen LogP contribution in [0.15, 0.2) is 255 Å². The van der Waals surface area contributed by atoms with Crippen molar-refractivity contribution in [3.05, 3.63) is 310 Å². The molecule has 0 spiro atoms. The molecule has 14 rings (SSSR count). The van der Waals surface area contributed by atoms with Gasteiger partial charge in [0.1, 0.15) is 0 Å². The van der Waals surface area contributed by atoms with Crippen LogP contribution in [0.5, 0.6) is 0 Å². The van der Waals surface area contributed by atoms with E-state index in [9.17, 15) is 0 Å². The van der Waals surface area contributed by atoms with Gasteiger partial charge in [-0.15, -0.1) is 0 Å². The molecule has 14 aromatic carbocycles. The summed E-state index contributed by atoms with van der Waals surface area (Å²) < 4.78 is 0. The van der Waals surface area contributed by atoms with Crippen molar-refractivity contribution in [1.29, 1.82) is 0 Å². The first-order valence-corrected chi connectivity index (χ1v) is 32.7. The molecule has 0 nitrogen and oxygen atoms in total. The molecule has 0 saturated carbocycles. The second kappa shape index (κ2) is 28.8. The summed E-state index contributed by atoms with van der Waals surface area (Å²) in [5.74, 6) is 0. The van der Waals surface area contributed by atoms with E-state index in [1.54, 1.807) is 0 Å². The van der Waals surface area contributed by atoms with Crippen LogP contribution in [0.3, 0.4) is 0 Å². The van der Waals surface area contributed by atoms with E-state index in [4.69, 9.17) is 0 Å². The van der Waals surface area contributed by atoms with E-state index in [-0.39, 0.29) is 10.8 Å². The highest BCUT2D eigenvalue weighted by molar-refractivity contribution is 6.11. The zero-order chi connectivity index (χ0) is 62.5. The minimum absolute atomic E-state index is 0.0451. The lowest BCUT2D eigenvalue weighted by molar-refractivity contribution is 0.583. The quantitative estimate of drug-likeness (QED) is 0.133. The molecule has 0 amide bonds. The largest absolute Gasteiger partial charge is 0.0683 e. The summed E-state index contributed by atoms with van der Waals surface area (Å²) in [5, 5.41) is 21.2. The number of hydrogen-bond acceptors (Lipinski definition) is 0. The zero-order valence-corrected chi connectivity index (χ0v) is 55.1. The Kier molecular flexibility index (Phi) is 20.8. The lowest BCUT2D eigenvalue weighted by atomic mass is 9.80. The molecule has 0 aliphatic heterocycles. The van der Waals surface area contributed by atoms with Crippen LogP contribution in [-0.2, 0) is 36.5 Å². The van der Waals surface area contributed by atoms with Crippen molar-refractivity contribution in [2.75, 3.05) is 0 Å². The van der Waals surface area contributed by atoms with Gasteiger partial charge in [0.25, 0.3) is 0 Å². The first-order valence-electron chi connectivity index (χ1n) is 32.7. The molecule has 0 heteroatoms. The second-order valence-electron chi connectivity index (χ2n) is 24.5. The molecule has 0 radical (unpaired) electrons. The van der Waals surface area contributed by atoms with Crippen LogP contribution in [0.2, 0.25) is 0 Å². The molecule has 0 aliphatic carbocycles. The topological polar surface area (TPSA) is 0 Å². The highest BCUT2D eigenvalue weighted by Crippen LogP contribution is 2.37. The Hall–Kier alpha value is -8.84. The Morgan fingerprint density at radius 1 is 0.193 bits per heavy atom. The highest BCUT2D eigenvalue weighted by Gasteiger charge is 2.22. The van der Waals surface area contributed by atoms with Crippen LogP contribution < -0.4 is 0 Å². The van der Waals surface area contributed by atoms with E-state index < -0.39 is 0 Å². The molecule has 0 aliphatic rings. The molecule has 14 aromatic rings. The number of benzene rings is 14. The summed E-state index contributed by atoms with van der Waals surface area (Å²) in [4.78, 5) is 0. The molecule has 0 N–H and O–H groups in total. The predicted molar refractivity (Wildman–Crippen MR) is 393 cm³/mol. The highest BCUT2D eigenvalue weighted by atomic mass is 14.3. The molecule has 88 heavy (non-hydrogen) atoms. The van der Waals surface area contributed by atoms with Crippen molar-refractivity contribution in [2.24, 2.45) is 0 Å². The third-order valence-electron chi connectivity index (χ3n) is 16.9. The molecule has 444 valence electrons. The fourth-order valence-electron chi connectivity index (χ4n) is 12.9. The normalized spacial score (nSPS) is 11.2. The van der Waals surface area contributed by atoms with Gasteiger partial charge in [-0.05, 0) is 178 Å². The van der Waals surface area contributed by atoms with Crippen LogP contribution >= 0.6 is 0 Å². The number of hydrogen-bond donors (Lipinski definition) is 0. The first kappa shape index (κ1) is 63.7. The molecule has 0 aromatic heterocycles. The molecule has 0 saturated heterocycles. The Morgan fingerprint density at radius 2 is 0.455 bits per heavy atom. The maximum atomic E-state index is 2.47. The van der Waals surface area contributed by atoms with Crippen molar-refractivity contribution in [3.8, 4) is 0 Å². The van der Waals surface area contributed by atoms with Crippen LogP contribution in [0.25, 0.3) is 86.2 Å². The number of rotatable bonds is 8. The van der Waals surface area contributed by atoms with Crippen LogP contribution in [0.1, 0.15) is 153 Å². The van der Waals surface area contributed by atoms with Crippen molar-refractivity contribution >= 4 is 86.2 Å². The lowest BCUT2D eigenvalue weighted by Gasteiger charge is -2.25. The first-order chi connectivity index (χ1) is 42.9. The SMILES string of the molecule is CC.CC.CC.CC.CC(C)(C)c1cc(Cc2cc3ccccc3c3ccccc23)ccc1Cc1cc2ccccc2c2ccccc12.CC(C)(C)c1cc(Cc2ccc3ccc4ccccc4c3c2)ccc1Cc1ccc2ccc3ccccc3c2c1. The van der Waals surface area contributed by atoms with E-state index in [0.29, 0.717) is 0 Å². The lowest BCUT2D eigenvalue weighted by Crippen LogP contribution is -2.15. The van der Waals surface area contributed by atoms with Crippen molar-refractivity contribution in [3.63, 3.8) is 0 Å². The summed E-state index contributed by atoms with van der Waals surface area (Å²) >= 11 is 0. The summed E-state index contributed by atoms with van der Waals surface area (Å²) in [6, 6.07) is 94.8. The fraction of sp³-hybridized carbons (Fsp3) is 0.227. The van der Waals surface area contributed by atoms with E-state index in [0.717, 1.165) is 25.7 Å². The van der Waals surface area contributed by atoms with Gasteiger partial charge in [0.15, 0.2) is 0 Å². The van der Waals surface area contributed by atoms with Gasteiger partial charge in [0, 0.05) is 0 Å². The Morgan fingerprint density at radius 3 is 0.864 bits per heavy atom. The summed E-state index contributed by atoms with van der Waals surface area (Å²) in [7, 11) is 0. The molecule has 0 heterocycles. The van der Waals surface area contributed by atoms with E-state index in [1.807, 2.05) is 55.4 Å². The average Bonchev–Trinajstić information content (AvgIpc) is 1.45. The average molecular weight is 1150 g/mol. The molecular weight excluding hydrogens is 1060 g/mol. The fourth-order valence-corrected chi connectivity index (χ4v) is 12.9. The van der Waals surface area contributed by atoms with Crippen LogP contribution in [0, 0.1) is 0 Å². The van der Waals surface area contributed by atoms with Gasteiger partial charge in [0.05, 0.1) is 0 Å². The van der Waals surface area contributed by atoms with E-state index in [1.165, 1.54) is 142 Å². The Labute approximate surface area is 526 Å². The van der Waals surface area contributed by atoms with Gasteiger partial charge in [-0.3, -0.25) is 0 Å². The molecular formula is C88H92. The second-order valence-corrected chi connectivity index (χ2v) is 24.5. The van der Waals surface area contributed by atoms with Crippen LogP contribution in [0.4, 0.5) is 0 Å². The minimum atomic E-state index is 0.0451. The maximum Gasteiger partial charge on any atom is -0.00164 e. The van der Waals surface area contributed by atoms with E-state index >= 15 is 0 Å². The third kappa shape index (κ3) is 13.9. The number of fused-ring (bicyclic) bond motifs is 12. The van der Waals surface area contributed by atoms with Gasteiger partial charge < -0.3 is 0 Å². The monoisotopic (exact) mass is 1150 g/mol. The Bertz CT molecular complexity index is 4670. The molecule has 0 fully saturated rings. The van der Waals surface area contributed by atoms with Crippen molar-refractivity contribution < 1.29 is 0 Å². The van der Waals surface area contributed by atoms with Crippen molar-refractivity contribution in [2.45, 2.75) is 133 Å². The summed E-state index contributed by atoms with van der Waals surface area (Å²) in [6.07, 6.45) is 3.73. The Balaban J connectivity index is 0.000000188. The van der Waals surface area contributed by atoms with Crippen molar-refractivity contribution in [1.82, 2.24) is 0 Å². The van der Waals surface area contributed by atoms with E-state index in [2.05, 4.69) is 296 Å². The molecule has 0 unspecified atom stereocenters. The van der Waals surface area contributed by atoms with Gasteiger partial charge in [0.2, 0.25) is 0 Å². The zero-order valence-electron chi connectivity index (χ0n) is 55.1. The molecule has 0 bridgehead atoms. The third-order valence-corrected chi connectivity index (χ3v) is 16.9. The van der Waals surface area contributed by atoms with Crippen LogP contribution in [-0.4, -0.2) is 0 Å². The van der Waals surface area contributed by atoms with Gasteiger partial charge >= 0.3 is 0 Å². The molecule has 0 atom stereocenters. The minimum Gasteiger partial charge on any atom is -0.0683 e. The van der Waals surface area contributed by atoms with Gasteiger partial charge in [-0.1, -0.05) is 352 Å². The maximum absolute atomic E-state index is 2.47. The smallest absolute Gasteiger partial charge is 0.00164 e.